The molecular weight excluding hydrogens is 220 g/mol. The van der Waals surface area contributed by atoms with E-state index in [1.165, 1.54) is 11.3 Å². The molecule has 16 heavy (non-hydrogen) atoms. The predicted molar refractivity (Wildman–Crippen MR) is 65.2 cm³/mol. The van der Waals surface area contributed by atoms with Gasteiger partial charge in [0.15, 0.2) is 0 Å². The smallest absolute Gasteiger partial charge is 0.343 e. The van der Waals surface area contributed by atoms with E-state index in [0.29, 0.717) is 11.3 Å². The van der Waals surface area contributed by atoms with Gasteiger partial charge in [0, 0.05) is 10.9 Å². The van der Waals surface area contributed by atoms with Gasteiger partial charge in [0.25, 0.3) is 0 Å². The molecule has 0 aliphatic rings. The summed E-state index contributed by atoms with van der Waals surface area (Å²) in [4.78, 5) is 11.9. The van der Waals surface area contributed by atoms with Gasteiger partial charge in [0.2, 0.25) is 0 Å². The molecule has 0 aliphatic heterocycles. The molecular formula is C13H12O2S. The Morgan fingerprint density at radius 3 is 2.50 bits per heavy atom. The minimum absolute atomic E-state index is 0.292. The third kappa shape index (κ3) is 2.14. The number of hydrogen-bond donors (Lipinski definition) is 0. The topological polar surface area (TPSA) is 26.3 Å². The van der Waals surface area contributed by atoms with E-state index in [1.54, 1.807) is 6.07 Å². The van der Waals surface area contributed by atoms with E-state index < -0.39 is 0 Å². The molecule has 2 nitrogen and oxygen atoms in total. The van der Waals surface area contributed by atoms with Crippen LogP contribution in [-0.4, -0.2) is 5.97 Å². The Morgan fingerprint density at radius 2 is 1.88 bits per heavy atom. The van der Waals surface area contributed by atoms with Crippen LogP contribution in [-0.2, 0) is 0 Å². The Labute approximate surface area is 98.5 Å². The van der Waals surface area contributed by atoms with Gasteiger partial charge in [-0.1, -0.05) is 18.2 Å². The normalized spacial score (nSPS) is 10.1. The number of ether oxygens (including phenoxy) is 1. The molecule has 1 aromatic heterocycles. The van der Waals surface area contributed by atoms with Gasteiger partial charge in [-0.15, -0.1) is 11.3 Å². The highest BCUT2D eigenvalue weighted by molar-refractivity contribution is 7.08. The molecule has 0 spiro atoms. The molecule has 1 aromatic carbocycles. The highest BCUT2D eigenvalue weighted by Gasteiger charge is 2.12. The van der Waals surface area contributed by atoms with Crippen LogP contribution in [0.4, 0.5) is 0 Å². The third-order valence-corrected chi connectivity index (χ3v) is 3.22. The molecule has 0 radical (unpaired) electrons. The van der Waals surface area contributed by atoms with E-state index in [1.807, 2.05) is 42.8 Å². The van der Waals surface area contributed by atoms with Gasteiger partial charge in [-0.25, -0.2) is 4.79 Å². The van der Waals surface area contributed by atoms with Crippen molar-refractivity contribution in [2.24, 2.45) is 0 Å². The Bertz CT molecular complexity index is 514. The Hall–Kier alpha value is -1.61. The van der Waals surface area contributed by atoms with E-state index in [4.69, 9.17) is 4.74 Å². The zero-order valence-corrected chi connectivity index (χ0v) is 10.0. The lowest BCUT2D eigenvalue weighted by Crippen LogP contribution is -2.10. The molecule has 1 heterocycles. The summed E-state index contributed by atoms with van der Waals surface area (Å²) in [5.41, 5.74) is 2.54. The molecule has 0 amide bonds. The van der Waals surface area contributed by atoms with E-state index in [-0.39, 0.29) is 5.97 Å². The number of aryl methyl sites for hydroxylation is 2. The van der Waals surface area contributed by atoms with E-state index in [0.717, 1.165) is 11.1 Å². The summed E-state index contributed by atoms with van der Waals surface area (Å²) in [6.45, 7) is 3.83. The third-order valence-electron chi connectivity index (χ3n) is 2.38. The van der Waals surface area contributed by atoms with Gasteiger partial charge in [0.1, 0.15) is 5.75 Å². The second-order valence-corrected chi connectivity index (χ2v) is 4.37. The Balaban J connectivity index is 2.22. The van der Waals surface area contributed by atoms with Crippen LogP contribution >= 0.6 is 11.3 Å². The summed E-state index contributed by atoms with van der Waals surface area (Å²) in [5, 5.41) is 3.80. The summed E-state index contributed by atoms with van der Waals surface area (Å²) in [6.07, 6.45) is 0. The van der Waals surface area contributed by atoms with Gasteiger partial charge < -0.3 is 4.74 Å². The molecule has 0 aliphatic carbocycles. The van der Waals surface area contributed by atoms with Crippen molar-refractivity contribution < 1.29 is 9.53 Å². The monoisotopic (exact) mass is 232 g/mol. The number of rotatable bonds is 2. The van der Waals surface area contributed by atoms with Crippen LogP contribution in [0.3, 0.4) is 0 Å². The fourth-order valence-corrected chi connectivity index (χ4v) is 2.16. The fourth-order valence-electron chi connectivity index (χ4n) is 1.41. The van der Waals surface area contributed by atoms with Crippen molar-refractivity contribution >= 4 is 17.3 Å². The second kappa shape index (κ2) is 4.49. The highest BCUT2D eigenvalue weighted by Crippen LogP contribution is 2.23. The molecule has 0 bridgehead atoms. The number of thiophene rings is 1. The standard InChI is InChI=1S/C13H12O2S/c1-9-5-3-4-6-11(9)13(14)15-12-8-16-7-10(12)2/h3-8H,1-2H3. The predicted octanol–water partition coefficient (Wildman–Crippen LogP) is 3.58. The molecule has 0 atom stereocenters. The van der Waals surface area contributed by atoms with Crippen molar-refractivity contribution in [2.75, 3.05) is 0 Å². The first kappa shape index (κ1) is 10.9. The first-order valence-corrected chi connectivity index (χ1v) is 5.93. The molecule has 82 valence electrons. The van der Waals surface area contributed by atoms with Crippen molar-refractivity contribution in [2.45, 2.75) is 13.8 Å². The quantitative estimate of drug-likeness (QED) is 0.740. The molecule has 0 unspecified atom stereocenters. The zero-order valence-electron chi connectivity index (χ0n) is 9.19. The molecule has 0 fully saturated rings. The summed E-state index contributed by atoms with van der Waals surface area (Å²) < 4.78 is 5.32. The van der Waals surface area contributed by atoms with Crippen LogP contribution < -0.4 is 4.74 Å². The highest BCUT2D eigenvalue weighted by atomic mass is 32.1. The van der Waals surface area contributed by atoms with Gasteiger partial charge in [-0.3, -0.25) is 0 Å². The minimum Gasteiger partial charge on any atom is -0.422 e. The van der Waals surface area contributed by atoms with Gasteiger partial charge in [0.05, 0.1) is 5.56 Å². The molecule has 0 N–H and O–H groups in total. The van der Waals surface area contributed by atoms with E-state index in [9.17, 15) is 4.79 Å². The van der Waals surface area contributed by atoms with Gasteiger partial charge in [-0.2, -0.15) is 0 Å². The summed E-state index contributed by atoms with van der Waals surface area (Å²) in [5.74, 6) is 0.359. The second-order valence-electron chi connectivity index (χ2n) is 3.62. The first-order valence-electron chi connectivity index (χ1n) is 4.99. The lowest BCUT2D eigenvalue weighted by molar-refractivity contribution is 0.0733. The van der Waals surface area contributed by atoms with Crippen LogP contribution in [0.1, 0.15) is 21.5 Å². The van der Waals surface area contributed by atoms with Crippen molar-refractivity contribution in [1.29, 1.82) is 0 Å². The van der Waals surface area contributed by atoms with Crippen molar-refractivity contribution in [3.8, 4) is 5.75 Å². The SMILES string of the molecule is Cc1cscc1OC(=O)c1ccccc1C. The van der Waals surface area contributed by atoms with Gasteiger partial charge in [-0.05, 0) is 30.9 Å². The summed E-state index contributed by atoms with van der Waals surface area (Å²) in [7, 11) is 0. The van der Waals surface area contributed by atoms with Crippen molar-refractivity contribution in [3.63, 3.8) is 0 Å². The fraction of sp³-hybridized carbons (Fsp3) is 0.154. The number of esters is 1. The maximum Gasteiger partial charge on any atom is 0.343 e. The van der Waals surface area contributed by atoms with Crippen LogP contribution in [0.15, 0.2) is 35.0 Å². The summed E-state index contributed by atoms with van der Waals surface area (Å²) >= 11 is 1.53. The average molecular weight is 232 g/mol. The number of carbonyl (C=O) groups excluding carboxylic acids is 1. The zero-order chi connectivity index (χ0) is 11.5. The van der Waals surface area contributed by atoms with E-state index in [2.05, 4.69) is 0 Å². The van der Waals surface area contributed by atoms with Crippen LogP contribution in [0.25, 0.3) is 0 Å². The maximum atomic E-state index is 11.9. The Morgan fingerprint density at radius 1 is 1.12 bits per heavy atom. The molecule has 0 saturated heterocycles. The van der Waals surface area contributed by atoms with Crippen LogP contribution in [0.5, 0.6) is 5.75 Å². The maximum absolute atomic E-state index is 11.9. The number of benzene rings is 1. The lowest BCUT2D eigenvalue weighted by atomic mass is 10.1. The van der Waals surface area contributed by atoms with Crippen molar-refractivity contribution in [3.05, 3.63) is 51.7 Å². The largest absolute Gasteiger partial charge is 0.422 e. The molecule has 0 saturated carbocycles. The Kier molecular flexibility index (Phi) is 3.06. The number of hydrogen-bond acceptors (Lipinski definition) is 3. The molecule has 2 aromatic rings. The summed E-state index contributed by atoms with van der Waals surface area (Å²) in [6, 6.07) is 7.42. The first-order chi connectivity index (χ1) is 7.68. The minimum atomic E-state index is -0.292. The van der Waals surface area contributed by atoms with Crippen molar-refractivity contribution in [1.82, 2.24) is 0 Å². The van der Waals surface area contributed by atoms with E-state index >= 15 is 0 Å². The van der Waals surface area contributed by atoms with Crippen LogP contribution in [0, 0.1) is 13.8 Å². The van der Waals surface area contributed by atoms with Gasteiger partial charge >= 0.3 is 5.97 Å². The average Bonchev–Trinajstić information content (AvgIpc) is 2.65. The molecule has 2 rings (SSSR count). The van der Waals surface area contributed by atoms with Crippen LogP contribution in [0.2, 0.25) is 0 Å². The lowest BCUT2D eigenvalue weighted by Gasteiger charge is -2.05. The molecule has 3 heteroatoms. The number of carbonyl (C=O) groups is 1.